The molecule has 2 N–H and O–H groups in total. The molecule has 0 aliphatic carbocycles. The van der Waals surface area contributed by atoms with Crippen molar-refractivity contribution < 1.29 is 0 Å². The molecule has 0 bridgehead atoms. The van der Waals surface area contributed by atoms with E-state index in [4.69, 9.17) is 5.73 Å². The maximum atomic E-state index is 5.46. The molecule has 0 saturated carbocycles. The second-order valence-corrected chi connectivity index (χ2v) is 3.36. The van der Waals surface area contributed by atoms with Crippen molar-refractivity contribution in [2.24, 2.45) is 0 Å². The number of hydrogen-bond acceptors (Lipinski definition) is 4. The first-order valence-corrected chi connectivity index (χ1v) is 4.70. The van der Waals surface area contributed by atoms with Crippen LogP contribution in [-0.4, -0.2) is 23.3 Å². The molecule has 1 fully saturated rings. The molecule has 0 aromatic carbocycles. The Balaban J connectivity index is 2.10. The number of nitrogens with zero attached hydrogens (tertiary/aromatic N) is 3. The Labute approximate surface area is 77.8 Å². The molecule has 0 radical (unpaired) electrons. The molecule has 1 saturated heterocycles. The largest absolute Gasteiger partial charge is 0.382 e. The molecule has 2 rings (SSSR count). The average molecular weight is 178 g/mol. The first kappa shape index (κ1) is 8.29. The fourth-order valence-corrected chi connectivity index (χ4v) is 1.63. The summed E-state index contributed by atoms with van der Waals surface area (Å²) in [5, 5.41) is 7.89. The van der Waals surface area contributed by atoms with Crippen molar-refractivity contribution in [1.29, 1.82) is 0 Å². The maximum absolute atomic E-state index is 5.46. The van der Waals surface area contributed by atoms with Gasteiger partial charge in [-0.3, -0.25) is 0 Å². The summed E-state index contributed by atoms with van der Waals surface area (Å²) < 4.78 is 0. The van der Waals surface area contributed by atoms with Gasteiger partial charge in [-0.2, -0.15) is 0 Å². The SMILES string of the molecule is Nc1ccc(N2CCCCC2)nn1. The van der Waals surface area contributed by atoms with Crippen LogP contribution in [0.25, 0.3) is 0 Å². The third kappa shape index (κ3) is 1.88. The Bertz CT molecular complexity index is 263. The average Bonchev–Trinajstić information content (AvgIpc) is 2.20. The van der Waals surface area contributed by atoms with Crippen LogP contribution in [-0.2, 0) is 0 Å². The lowest BCUT2D eigenvalue weighted by Crippen LogP contribution is -2.30. The van der Waals surface area contributed by atoms with E-state index in [1.807, 2.05) is 6.07 Å². The first-order chi connectivity index (χ1) is 6.36. The predicted molar refractivity (Wildman–Crippen MR) is 52.5 cm³/mol. The van der Waals surface area contributed by atoms with Crippen LogP contribution in [0.2, 0.25) is 0 Å². The van der Waals surface area contributed by atoms with Crippen molar-refractivity contribution in [3.8, 4) is 0 Å². The minimum atomic E-state index is 0.487. The van der Waals surface area contributed by atoms with Crippen LogP contribution in [0.5, 0.6) is 0 Å². The molecule has 1 aromatic heterocycles. The van der Waals surface area contributed by atoms with E-state index < -0.39 is 0 Å². The quantitative estimate of drug-likeness (QED) is 0.698. The van der Waals surface area contributed by atoms with Gasteiger partial charge in [-0.25, -0.2) is 0 Å². The second-order valence-electron chi connectivity index (χ2n) is 3.36. The number of anilines is 2. The van der Waals surface area contributed by atoms with Crippen LogP contribution in [0.1, 0.15) is 19.3 Å². The van der Waals surface area contributed by atoms with E-state index in [-0.39, 0.29) is 0 Å². The van der Waals surface area contributed by atoms with Crippen molar-refractivity contribution >= 4 is 11.6 Å². The molecule has 0 atom stereocenters. The number of hydrogen-bond donors (Lipinski definition) is 1. The fraction of sp³-hybridized carbons (Fsp3) is 0.556. The van der Waals surface area contributed by atoms with E-state index in [1.165, 1.54) is 19.3 Å². The van der Waals surface area contributed by atoms with Gasteiger partial charge < -0.3 is 10.6 Å². The summed E-state index contributed by atoms with van der Waals surface area (Å²) in [5.74, 6) is 1.44. The molecular formula is C9H14N4. The second kappa shape index (κ2) is 3.60. The Morgan fingerprint density at radius 2 is 1.85 bits per heavy atom. The maximum Gasteiger partial charge on any atom is 0.151 e. The number of aromatic nitrogens is 2. The smallest absolute Gasteiger partial charge is 0.151 e. The van der Waals surface area contributed by atoms with Crippen molar-refractivity contribution in [2.45, 2.75) is 19.3 Å². The van der Waals surface area contributed by atoms with Gasteiger partial charge in [0.05, 0.1) is 0 Å². The highest BCUT2D eigenvalue weighted by Crippen LogP contribution is 2.16. The summed E-state index contributed by atoms with van der Waals surface area (Å²) >= 11 is 0. The summed E-state index contributed by atoms with van der Waals surface area (Å²) in [5.41, 5.74) is 5.46. The lowest BCUT2D eigenvalue weighted by molar-refractivity contribution is 0.571. The van der Waals surface area contributed by atoms with E-state index in [0.717, 1.165) is 18.9 Å². The van der Waals surface area contributed by atoms with Crippen LogP contribution in [0, 0.1) is 0 Å². The van der Waals surface area contributed by atoms with Crippen molar-refractivity contribution in [2.75, 3.05) is 23.7 Å². The van der Waals surface area contributed by atoms with E-state index in [9.17, 15) is 0 Å². The Morgan fingerprint density at radius 3 is 2.46 bits per heavy atom. The highest BCUT2D eigenvalue weighted by molar-refractivity contribution is 5.41. The molecule has 2 heterocycles. The number of rotatable bonds is 1. The molecule has 4 heteroatoms. The molecule has 1 aliphatic heterocycles. The Hall–Kier alpha value is -1.32. The van der Waals surface area contributed by atoms with E-state index in [0.29, 0.717) is 5.82 Å². The molecular weight excluding hydrogens is 164 g/mol. The topological polar surface area (TPSA) is 55.0 Å². The normalized spacial score (nSPS) is 17.4. The van der Waals surface area contributed by atoms with Crippen LogP contribution >= 0.6 is 0 Å². The zero-order valence-corrected chi connectivity index (χ0v) is 7.61. The van der Waals surface area contributed by atoms with Crippen LogP contribution in [0.4, 0.5) is 11.6 Å². The molecule has 4 nitrogen and oxygen atoms in total. The van der Waals surface area contributed by atoms with E-state index in [2.05, 4.69) is 15.1 Å². The number of nitrogen functional groups attached to an aromatic ring is 1. The third-order valence-corrected chi connectivity index (χ3v) is 2.35. The minimum absolute atomic E-state index is 0.487. The highest BCUT2D eigenvalue weighted by atomic mass is 15.3. The van der Waals surface area contributed by atoms with Gasteiger partial charge in [-0.05, 0) is 31.4 Å². The lowest BCUT2D eigenvalue weighted by Gasteiger charge is -2.26. The van der Waals surface area contributed by atoms with Crippen molar-refractivity contribution in [3.63, 3.8) is 0 Å². The van der Waals surface area contributed by atoms with E-state index >= 15 is 0 Å². The summed E-state index contributed by atoms with van der Waals surface area (Å²) in [6.45, 7) is 2.19. The summed E-state index contributed by atoms with van der Waals surface area (Å²) in [4.78, 5) is 2.26. The molecule has 0 unspecified atom stereocenters. The number of nitrogens with two attached hydrogens (primary N) is 1. The summed E-state index contributed by atoms with van der Waals surface area (Å²) in [7, 11) is 0. The molecule has 13 heavy (non-hydrogen) atoms. The lowest BCUT2D eigenvalue weighted by atomic mass is 10.1. The summed E-state index contributed by atoms with van der Waals surface area (Å²) in [6.07, 6.45) is 3.84. The third-order valence-electron chi connectivity index (χ3n) is 2.35. The Morgan fingerprint density at radius 1 is 1.08 bits per heavy atom. The molecule has 1 aromatic rings. The molecule has 1 aliphatic rings. The van der Waals surface area contributed by atoms with Gasteiger partial charge in [-0.1, -0.05) is 0 Å². The summed E-state index contributed by atoms with van der Waals surface area (Å²) in [6, 6.07) is 3.74. The van der Waals surface area contributed by atoms with Gasteiger partial charge in [0.25, 0.3) is 0 Å². The number of piperidine rings is 1. The van der Waals surface area contributed by atoms with Gasteiger partial charge in [0.15, 0.2) is 5.82 Å². The molecule has 0 amide bonds. The zero-order chi connectivity index (χ0) is 9.10. The first-order valence-electron chi connectivity index (χ1n) is 4.70. The fourth-order valence-electron chi connectivity index (χ4n) is 1.63. The van der Waals surface area contributed by atoms with Gasteiger partial charge in [0.2, 0.25) is 0 Å². The van der Waals surface area contributed by atoms with Gasteiger partial charge in [0, 0.05) is 13.1 Å². The van der Waals surface area contributed by atoms with Crippen LogP contribution in [0.15, 0.2) is 12.1 Å². The predicted octanol–water partition coefficient (Wildman–Crippen LogP) is 1.05. The highest BCUT2D eigenvalue weighted by Gasteiger charge is 2.11. The zero-order valence-electron chi connectivity index (χ0n) is 7.61. The van der Waals surface area contributed by atoms with Crippen LogP contribution in [0.3, 0.4) is 0 Å². The van der Waals surface area contributed by atoms with Crippen molar-refractivity contribution in [1.82, 2.24) is 10.2 Å². The molecule has 0 spiro atoms. The standard InChI is InChI=1S/C9H14N4/c10-8-4-5-9(12-11-8)13-6-2-1-3-7-13/h4-5H,1-3,6-7H2,(H2,10,11). The molecule has 70 valence electrons. The van der Waals surface area contributed by atoms with E-state index in [1.54, 1.807) is 6.07 Å². The van der Waals surface area contributed by atoms with Gasteiger partial charge in [-0.15, -0.1) is 10.2 Å². The monoisotopic (exact) mass is 178 g/mol. The van der Waals surface area contributed by atoms with Gasteiger partial charge in [0.1, 0.15) is 5.82 Å². The minimum Gasteiger partial charge on any atom is -0.382 e. The van der Waals surface area contributed by atoms with Crippen LogP contribution < -0.4 is 10.6 Å². The van der Waals surface area contributed by atoms with Gasteiger partial charge >= 0.3 is 0 Å². The van der Waals surface area contributed by atoms with Crippen molar-refractivity contribution in [3.05, 3.63) is 12.1 Å². The Kier molecular flexibility index (Phi) is 2.29.